The van der Waals surface area contributed by atoms with Crippen molar-refractivity contribution in [1.29, 1.82) is 0 Å². The number of halogens is 1. The second kappa shape index (κ2) is 5.67. The van der Waals surface area contributed by atoms with E-state index >= 15 is 0 Å². The molecule has 2 N–H and O–H groups in total. The van der Waals surface area contributed by atoms with E-state index in [2.05, 4.69) is 27.8 Å². The van der Waals surface area contributed by atoms with Gasteiger partial charge >= 0.3 is 0 Å². The third-order valence-electron chi connectivity index (χ3n) is 2.37. The second-order valence-electron chi connectivity index (χ2n) is 3.66. The lowest BCUT2D eigenvalue weighted by Gasteiger charge is -2.02. The molecular formula is C15H12BrN. The normalized spacial score (nSPS) is 11.4. The van der Waals surface area contributed by atoms with E-state index in [0.29, 0.717) is 0 Å². The summed E-state index contributed by atoms with van der Waals surface area (Å²) >= 11 is 3.39. The van der Waals surface area contributed by atoms with Crippen LogP contribution in [0, 0.1) is 11.8 Å². The summed E-state index contributed by atoms with van der Waals surface area (Å²) in [5.41, 5.74) is 8.00. The summed E-state index contributed by atoms with van der Waals surface area (Å²) in [6.07, 6.45) is 0. The van der Waals surface area contributed by atoms with Gasteiger partial charge < -0.3 is 5.73 Å². The van der Waals surface area contributed by atoms with Crippen molar-refractivity contribution in [3.63, 3.8) is 0 Å². The average Bonchev–Trinajstić information content (AvgIpc) is 2.39. The predicted molar refractivity (Wildman–Crippen MR) is 74.4 cm³/mol. The van der Waals surface area contributed by atoms with E-state index in [1.54, 1.807) is 0 Å². The molecule has 1 nitrogen and oxygen atoms in total. The molecule has 1 atom stereocenters. The minimum atomic E-state index is -0.236. The molecule has 0 radical (unpaired) electrons. The molecule has 0 heterocycles. The van der Waals surface area contributed by atoms with Crippen molar-refractivity contribution in [2.45, 2.75) is 6.04 Å². The topological polar surface area (TPSA) is 26.0 Å². The standard InChI is InChI=1S/C15H12BrN/c16-14-9-6-12(7-10-14)8-11-15(17)13-4-2-1-3-5-13/h1-7,9-10,15H,17H2. The van der Waals surface area contributed by atoms with Crippen molar-refractivity contribution >= 4 is 15.9 Å². The minimum Gasteiger partial charge on any atom is -0.314 e. The molecule has 0 aliphatic rings. The van der Waals surface area contributed by atoms with Gasteiger partial charge in [-0.25, -0.2) is 0 Å². The molecule has 0 aromatic heterocycles. The highest BCUT2D eigenvalue weighted by Crippen LogP contribution is 2.11. The van der Waals surface area contributed by atoms with Crippen LogP contribution in [0.4, 0.5) is 0 Å². The Morgan fingerprint density at radius 2 is 1.59 bits per heavy atom. The molecule has 0 spiro atoms. The lowest BCUT2D eigenvalue weighted by atomic mass is 10.1. The molecule has 1 unspecified atom stereocenters. The van der Waals surface area contributed by atoms with Gasteiger partial charge in [0.1, 0.15) is 0 Å². The monoisotopic (exact) mass is 285 g/mol. The summed E-state index contributed by atoms with van der Waals surface area (Å²) in [5.74, 6) is 6.12. The van der Waals surface area contributed by atoms with Gasteiger partial charge in [-0.05, 0) is 29.8 Å². The molecule has 0 aliphatic heterocycles. The largest absolute Gasteiger partial charge is 0.314 e. The SMILES string of the molecule is NC(C#Cc1ccc(Br)cc1)c1ccccc1. The summed E-state index contributed by atoms with van der Waals surface area (Å²) in [4.78, 5) is 0. The Balaban J connectivity index is 2.14. The highest BCUT2D eigenvalue weighted by molar-refractivity contribution is 9.10. The van der Waals surface area contributed by atoms with Crippen LogP contribution in [0.15, 0.2) is 59.1 Å². The third kappa shape index (κ3) is 3.45. The zero-order valence-corrected chi connectivity index (χ0v) is 10.8. The second-order valence-corrected chi connectivity index (χ2v) is 4.58. The molecule has 2 aromatic carbocycles. The van der Waals surface area contributed by atoms with Gasteiger partial charge in [0, 0.05) is 10.0 Å². The van der Waals surface area contributed by atoms with Crippen molar-refractivity contribution in [2.24, 2.45) is 5.73 Å². The van der Waals surface area contributed by atoms with Crippen molar-refractivity contribution in [3.8, 4) is 11.8 Å². The Labute approximate surface area is 110 Å². The maximum Gasteiger partial charge on any atom is 0.0924 e. The summed E-state index contributed by atoms with van der Waals surface area (Å²) in [6, 6.07) is 17.5. The smallest absolute Gasteiger partial charge is 0.0924 e. The lowest BCUT2D eigenvalue weighted by Crippen LogP contribution is -2.06. The van der Waals surface area contributed by atoms with Crippen molar-refractivity contribution in [3.05, 3.63) is 70.2 Å². The van der Waals surface area contributed by atoms with Crippen LogP contribution in [-0.2, 0) is 0 Å². The molecule has 2 rings (SSSR count). The van der Waals surface area contributed by atoms with Crippen LogP contribution in [0.2, 0.25) is 0 Å². The number of rotatable bonds is 1. The van der Waals surface area contributed by atoms with Crippen LogP contribution in [-0.4, -0.2) is 0 Å². The molecule has 0 saturated heterocycles. The van der Waals surface area contributed by atoms with Crippen molar-refractivity contribution in [2.75, 3.05) is 0 Å². The quantitative estimate of drug-likeness (QED) is 0.798. The summed E-state index contributed by atoms with van der Waals surface area (Å²) < 4.78 is 1.05. The van der Waals surface area contributed by atoms with Crippen molar-refractivity contribution in [1.82, 2.24) is 0 Å². The van der Waals surface area contributed by atoms with E-state index < -0.39 is 0 Å². The van der Waals surface area contributed by atoms with Crippen LogP contribution in [0.25, 0.3) is 0 Å². The maximum absolute atomic E-state index is 5.99. The zero-order valence-electron chi connectivity index (χ0n) is 9.23. The molecule has 2 aromatic rings. The highest BCUT2D eigenvalue weighted by atomic mass is 79.9. The molecule has 2 heteroatoms. The van der Waals surface area contributed by atoms with E-state index in [4.69, 9.17) is 5.73 Å². The predicted octanol–water partition coefficient (Wildman–Crippen LogP) is 3.50. The fourth-order valence-corrected chi connectivity index (χ4v) is 1.70. The van der Waals surface area contributed by atoms with Gasteiger partial charge in [0.05, 0.1) is 6.04 Å². The summed E-state index contributed by atoms with van der Waals surface area (Å²) in [7, 11) is 0. The van der Waals surface area contributed by atoms with Gasteiger partial charge in [-0.1, -0.05) is 58.1 Å². The molecule has 84 valence electrons. The van der Waals surface area contributed by atoms with Gasteiger partial charge in [0.2, 0.25) is 0 Å². The van der Waals surface area contributed by atoms with Crippen LogP contribution in [0.1, 0.15) is 17.2 Å². The Hall–Kier alpha value is -1.56. The molecule has 17 heavy (non-hydrogen) atoms. The molecule has 0 aliphatic carbocycles. The van der Waals surface area contributed by atoms with Crippen LogP contribution in [0.5, 0.6) is 0 Å². The van der Waals surface area contributed by atoms with E-state index in [9.17, 15) is 0 Å². The Morgan fingerprint density at radius 3 is 2.24 bits per heavy atom. The van der Waals surface area contributed by atoms with Gasteiger partial charge in [0.15, 0.2) is 0 Å². The van der Waals surface area contributed by atoms with Crippen LogP contribution in [0.3, 0.4) is 0 Å². The summed E-state index contributed by atoms with van der Waals surface area (Å²) in [5, 5.41) is 0. The average molecular weight is 286 g/mol. The van der Waals surface area contributed by atoms with Crippen LogP contribution < -0.4 is 5.73 Å². The molecule has 0 fully saturated rings. The Bertz CT molecular complexity index is 535. The lowest BCUT2D eigenvalue weighted by molar-refractivity contribution is 0.945. The first-order valence-electron chi connectivity index (χ1n) is 5.33. The fraction of sp³-hybridized carbons (Fsp3) is 0.0667. The third-order valence-corrected chi connectivity index (χ3v) is 2.90. The van der Waals surface area contributed by atoms with Crippen LogP contribution >= 0.6 is 15.9 Å². The van der Waals surface area contributed by atoms with Gasteiger partial charge in [-0.3, -0.25) is 0 Å². The van der Waals surface area contributed by atoms with E-state index in [1.807, 2.05) is 54.6 Å². The number of benzene rings is 2. The molecule has 0 bridgehead atoms. The molecule has 0 amide bonds. The summed E-state index contributed by atoms with van der Waals surface area (Å²) in [6.45, 7) is 0. The van der Waals surface area contributed by atoms with Gasteiger partial charge in [-0.2, -0.15) is 0 Å². The first-order valence-corrected chi connectivity index (χ1v) is 6.12. The van der Waals surface area contributed by atoms with E-state index in [0.717, 1.165) is 15.6 Å². The van der Waals surface area contributed by atoms with Gasteiger partial charge in [0.25, 0.3) is 0 Å². The highest BCUT2D eigenvalue weighted by Gasteiger charge is 1.99. The Kier molecular flexibility index (Phi) is 3.98. The molecule has 0 saturated carbocycles. The first kappa shape index (κ1) is 11.9. The zero-order chi connectivity index (χ0) is 12.1. The minimum absolute atomic E-state index is 0.236. The fourth-order valence-electron chi connectivity index (χ4n) is 1.44. The maximum atomic E-state index is 5.99. The van der Waals surface area contributed by atoms with E-state index in [1.165, 1.54) is 0 Å². The first-order chi connectivity index (χ1) is 8.25. The number of hydrogen-bond donors (Lipinski definition) is 1. The Morgan fingerprint density at radius 1 is 0.941 bits per heavy atom. The van der Waals surface area contributed by atoms with Crippen molar-refractivity contribution < 1.29 is 0 Å². The number of nitrogens with two attached hydrogens (primary N) is 1. The molecular weight excluding hydrogens is 274 g/mol. The van der Waals surface area contributed by atoms with Gasteiger partial charge in [-0.15, -0.1) is 0 Å². The number of hydrogen-bond acceptors (Lipinski definition) is 1. The van der Waals surface area contributed by atoms with E-state index in [-0.39, 0.29) is 6.04 Å².